The van der Waals surface area contributed by atoms with Crippen LogP contribution in [0.1, 0.15) is 13.3 Å². The molecule has 1 amide bonds. The molecule has 0 aliphatic carbocycles. The Labute approximate surface area is 130 Å². The highest BCUT2D eigenvalue weighted by molar-refractivity contribution is 7.89. The molecule has 2 N–H and O–H groups in total. The van der Waals surface area contributed by atoms with Gasteiger partial charge in [-0.2, -0.15) is 0 Å². The Hall–Kier alpha value is -1.64. The fourth-order valence-electron chi connectivity index (χ4n) is 2.04. The van der Waals surface area contributed by atoms with Crippen LogP contribution in [0, 0.1) is 0 Å². The van der Waals surface area contributed by atoms with Gasteiger partial charge in [-0.25, -0.2) is 13.1 Å². The van der Waals surface area contributed by atoms with E-state index in [-0.39, 0.29) is 10.8 Å². The van der Waals surface area contributed by atoms with Crippen molar-refractivity contribution in [3.05, 3.63) is 18.2 Å². The predicted molar refractivity (Wildman–Crippen MR) is 83.5 cm³/mol. The van der Waals surface area contributed by atoms with Gasteiger partial charge in [-0.15, -0.1) is 0 Å². The van der Waals surface area contributed by atoms with E-state index in [1.165, 1.54) is 12.1 Å². The molecule has 1 unspecified atom stereocenters. The van der Waals surface area contributed by atoms with E-state index in [0.29, 0.717) is 24.4 Å². The number of amides is 1. The lowest BCUT2D eigenvalue weighted by atomic mass is 10.2. The molecule has 1 atom stereocenters. The third kappa shape index (κ3) is 3.96. The Morgan fingerprint density at radius 3 is 2.77 bits per heavy atom. The van der Waals surface area contributed by atoms with Crippen LogP contribution in [-0.2, 0) is 14.8 Å². The molecule has 2 rings (SSSR count). The first-order chi connectivity index (χ1) is 10.3. The van der Waals surface area contributed by atoms with Gasteiger partial charge in [0.15, 0.2) is 6.10 Å². The zero-order valence-corrected chi connectivity index (χ0v) is 13.7. The van der Waals surface area contributed by atoms with Crippen LogP contribution in [0.4, 0.5) is 5.69 Å². The number of fused-ring (bicyclic) bond motifs is 1. The molecule has 0 saturated carbocycles. The monoisotopic (exact) mass is 327 g/mol. The standard InChI is InChI=1S/C14H21N3O4S/c1-10-14(18)16-12-9-11(5-6-13(12)21-10)22(19,20)15-7-4-8-17(2)3/h5-6,9-10,15H,4,7-8H2,1-3H3,(H,16,18). The van der Waals surface area contributed by atoms with Gasteiger partial charge in [0.25, 0.3) is 5.91 Å². The van der Waals surface area contributed by atoms with Crippen molar-refractivity contribution in [2.45, 2.75) is 24.3 Å². The average Bonchev–Trinajstić information content (AvgIpc) is 2.44. The minimum Gasteiger partial charge on any atom is -0.479 e. The van der Waals surface area contributed by atoms with Crippen molar-refractivity contribution >= 4 is 21.6 Å². The number of benzene rings is 1. The van der Waals surface area contributed by atoms with Crippen LogP contribution in [0.5, 0.6) is 5.75 Å². The first-order valence-electron chi connectivity index (χ1n) is 7.05. The molecule has 1 aliphatic heterocycles. The lowest BCUT2D eigenvalue weighted by Gasteiger charge is -2.23. The Morgan fingerprint density at radius 1 is 1.36 bits per heavy atom. The molecule has 0 saturated heterocycles. The summed E-state index contributed by atoms with van der Waals surface area (Å²) in [7, 11) is 0.266. The zero-order chi connectivity index (χ0) is 16.3. The van der Waals surface area contributed by atoms with Gasteiger partial charge < -0.3 is 15.0 Å². The number of hydrogen-bond acceptors (Lipinski definition) is 5. The van der Waals surface area contributed by atoms with Crippen molar-refractivity contribution in [2.24, 2.45) is 0 Å². The maximum atomic E-state index is 12.2. The van der Waals surface area contributed by atoms with Crippen molar-refractivity contribution < 1.29 is 17.9 Å². The molecule has 0 spiro atoms. The Morgan fingerprint density at radius 2 is 2.09 bits per heavy atom. The van der Waals surface area contributed by atoms with E-state index in [9.17, 15) is 13.2 Å². The topological polar surface area (TPSA) is 87.7 Å². The van der Waals surface area contributed by atoms with Gasteiger partial charge in [0, 0.05) is 6.54 Å². The molecule has 0 radical (unpaired) electrons. The van der Waals surface area contributed by atoms with Gasteiger partial charge in [-0.1, -0.05) is 0 Å². The van der Waals surface area contributed by atoms with Gasteiger partial charge in [0.05, 0.1) is 10.6 Å². The number of carbonyl (C=O) groups is 1. The first-order valence-corrected chi connectivity index (χ1v) is 8.54. The minimum absolute atomic E-state index is 0.106. The van der Waals surface area contributed by atoms with Crippen LogP contribution in [0.25, 0.3) is 0 Å². The number of ether oxygens (including phenoxy) is 1. The largest absolute Gasteiger partial charge is 0.479 e. The molecule has 1 aromatic rings. The fourth-order valence-corrected chi connectivity index (χ4v) is 3.14. The number of anilines is 1. The summed E-state index contributed by atoms with van der Waals surface area (Å²) >= 11 is 0. The van der Waals surface area contributed by atoms with Crippen molar-refractivity contribution in [2.75, 3.05) is 32.5 Å². The van der Waals surface area contributed by atoms with Crippen LogP contribution in [0.15, 0.2) is 23.1 Å². The van der Waals surface area contributed by atoms with Crippen molar-refractivity contribution in [3.63, 3.8) is 0 Å². The van der Waals surface area contributed by atoms with Gasteiger partial charge >= 0.3 is 0 Å². The summed E-state index contributed by atoms with van der Waals surface area (Å²) in [4.78, 5) is 13.7. The first kappa shape index (κ1) is 16.7. The Bertz CT molecular complexity index is 658. The summed E-state index contributed by atoms with van der Waals surface area (Å²) < 4.78 is 32.4. The zero-order valence-electron chi connectivity index (χ0n) is 12.9. The van der Waals surface area contributed by atoms with E-state index in [2.05, 4.69) is 10.0 Å². The Balaban J connectivity index is 2.09. The maximum absolute atomic E-state index is 12.2. The summed E-state index contributed by atoms with van der Waals surface area (Å²) in [6.07, 6.45) is 0.133. The molecule has 1 aliphatic rings. The maximum Gasteiger partial charge on any atom is 0.265 e. The highest BCUT2D eigenvalue weighted by atomic mass is 32.2. The van der Waals surface area contributed by atoms with Crippen molar-refractivity contribution in [3.8, 4) is 5.75 Å². The van der Waals surface area contributed by atoms with E-state index in [0.717, 1.165) is 6.54 Å². The third-order valence-corrected chi connectivity index (χ3v) is 4.73. The van der Waals surface area contributed by atoms with Crippen LogP contribution >= 0.6 is 0 Å². The smallest absolute Gasteiger partial charge is 0.265 e. The molecule has 0 fully saturated rings. The summed E-state index contributed by atoms with van der Waals surface area (Å²) in [5.41, 5.74) is 0.374. The second kappa shape index (κ2) is 6.64. The molecular formula is C14H21N3O4S. The SMILES string of the molecule is CC1Oc2ccc(S(=O)(=O)NCCCN(C)C)cc2NC1=O. The van der Waals surface area contributed by atoms with Crippen LogP contribution < -0.4 is 14.8 Å². The fraction of sp³-hybridized carbons (Fsp3) is 0.500. The molecular weight excluding hydrogens is 306 g/mol. The van der Waals surface area contributed by atoms with Gasteiger partial charge in [0.2, 0.25) is 10.0 Å². The molecule has 0 aromatic heterocycles. The van der Waals surface area contributed by atoms with E-state index >= 15 is 0 Å². The highest BCUT2D eigenvalue weighted by Crippen LogP contribution is 2.31. The normalized spacial score (nSPS) is 17.8. The van der Waals surface area contributed by atoms with Crippen molar-refractivity contribution in [1.82, 2.24) is 9.62 Å². The van der Waals surface area contributed by atoms with Gasteiger partial charge in [-0.05, 0) is 52.2 Å². The lowest BCUT2D eigenvalue weighted by molar-refractivity contribution is -0.122. The molecule has 0 bridgehead atoms. The molecule has 22 heavy (non-hydrogen) atoms. The van der Waals surface area contributed by atoms with E-state index < -0.39 is 16.1 Å². The number of sulfonamides is 1. The predicted octanol–water partition coefficient (Wildman–Crippen LogP) is 0.636. The van der Waals surface area contributed by atoms with Gasteiger partial charge in [0.1, 0.15) is 5.75 Å². The number of rotatable bonds is 6. The summed E-state index contributed by atoms with van der Waals surface area (Å²) in [5, 5.41) is 2.64. The number of carbonyl (C=O) groups excluding carboxylic acids is 1. The summed E-state index contributed by atoms with van der Waals surface area (Å²) in [6.45, 7) is 2.79. The van der Waals surface area contributed by atoms with Crippen LogP contribution in [0.3, 0.4) is 0 Å². The van der Waals surface area contributed by atoms with Gasteiger partial charge in [-0.3, -0.25) is 4.79 Å². The van der Waals surface area contributed by atoms with Crippen LogP contribution in [0.2, 0.25) is 0 Å². The number of hydrogen-bond donors (Lipinski definition) is 2. The minimum atomic E-state index is -3.60. The van der Waals surface area contributed by atoms with E-state index in [4.69, 9.17) is 4.74 Å². The molecule has 1 heterocycles. The molecule has 1 aromatic carbocycles. The molecule has 122 valence electrons. The number of nitrogens with zero attached hydrogens (tertiary/aromatic N) is 1. The van der Waals surface area contributed by atoms with Crippen molar-refractivity contribution in [1.29, 1.82) is 0 Å². The summed E-state index contributed by atoms with van der Waals surface area (Å²) in [5.74, 6) is 0.180. The second-order valence-corrected chi connectivity index (χ2v) is 7.23. The third-order valence-electron chi connectivity index (χ3n) is 3.27. The number of nitrogens with one attached hydrogen (secondary N) is 2. The highest BCUT2D eigenvalue weighted by Gasteiger charge is 2.25. The van der Waals surface area contributed by atoms with Crippen LogP contribution in [-0.4, -0.2) is 52.5 Å². The second-order valence-electron chi connectivity index (χ2n) is 5.46. The summed E-state index contributed by atoms with van der Waals surface area (Å²) in [6, 6.07) is 4.43. The quantitative estimate of drug-likeness (QED) is 0.749. The lowest BCUT2D eigenvalue weighted by Crippen LogP contribution is -2.34. The van der Waals surface area contributed by atoms with E-state index in [1.807, 2.05) is 19.0 Å². The van der Waals surface area contributed by atoms with E-state index in [1.54, 1.807) is 13.0 Å². The Kier molecular flexibility index (Phi) is 5.05. The molecule has 8 heteroatoms. The average molecular weight is 327 g/mol. The molecule has 7 nitrogen and oxygen atoms in total.